The van der Waals surface area contributed by atoms with Crippen molar-refractivity contribution in [3.63, 3.8) is 0 Å². The number of nitrogens with one attached hydrogen (secondary N) is 1. The number of hydrogen-bond acceptors (Lipinski definition) is 2. The van der Waals surface area contributed by atoms with Gasteiger partial charge in [0.15, 0.2) is 0 Å². The van der Waals surface area contributed by atoms with Crippen molar-refractivity contribution in [2.24, 2.45) is 0 Å². The van der Waals surface area contributed by atoms with Crippen LogP contribution in [0.25, 0.3) is 0 Å². The van der Waals surface area contributed by atoms with Gasteiger partial charge in [0, 0.05) is 26.3 Å². The van der Waals surface area contributed by atoms with Gasteiger partial charge in [-0.2, -0.15) is 0 Å². The van der Waals surface area contributed by atoms with Gasteiger partial charge in [0.05, 0.1) is 5.56 Å². The first-order valence-corrected chi connectivity index (χ1v) is 6.78. The number of carbonyl (C=O) groups is 1. The minimum atomic E-state index is -0.216. The van der Waals surface area contributed by atoms with Crippen molar-refractivity contribution < 1.29 is 9.18 Å². The highest BCUT2D eigenvalue weighted by atomic mass is 19.1. The van der Waals surface area contributed by atoms with Gasteiger partial charge in [0.25, 0.3) is 5.91 Å². The lowest BCUT2D eigenvalue weighted by molar-refractivity contribution is 0.0828. The van der Waals surface area contributed by atoms with Crippen LogP contribution in [0.15, 0.2) is 42.5 Å². The standard InChI is InChI=1S/C17H19FN2O/c1-12-8-9-13(10-15(12)18)11-19-16-7-5-4-6-14(16)17(21)20(2)3/h4-10,19H,11H2,1-3H3. The molecule has 2 aromatic carbocycles. The summed E-state index contributed by atoms with van der Waals surface area (Å²) in [6.07, 6.45) is 0. The third-order valence-corrected chi connectivity index (χ3v) is 3.28. The molecule has 0 atom stereocenters. The highest BCUT2D eigenvalue weighted by Crippen LogP contribution is 2.18. The average molecular weight is 286 g/mol. The summed E-state index contributed by atoms with van der Waals surface area (Å²) in [5.74, 6) is -0.278. The number of para-hydroxylation sites is 1. The topological polar surface area (TPSA) is 32.3 Å². The molecule has 0 spiro atoms. The third-order valence-electron chi connectivity index (χ3n) is 3.28. The van der Waals surface area contributed by atoms with Crippen LogP contribution in [0.4, 0.5) is 10.1 Å². The van der Waals surface area contributed by atoms with E-state index < -0.39 is 0 Å². The van der Waals surface area contributed by atoms with E-state index in [0.717, 1.165) is 11.3 Å². The first kappa shape index (κ1) is 15.0. The zero-order chi connectivity index (χ0) is 15.4. The van der Waals surface area contributed by atoms with Crippen LogP contribution in [0, 0.1) is 12.7 Å². The van der Waals surface area contributed by atoms with E-state index in [0.29, 0.717) is 17.7 Å². The normalized spacial score (nSPS) is 10.3. The predicted molar refractivity (Wildman–Crippen MR) is 82.9 cm³/mol. The first-order valence-electron chi connectivity index (χ1n) is 6.78. The van der Waals surface area contributed by atoms with Crippen LogP contribution < -0.4 is 5.32 Å². The third kappa shape index (κ3) is 3.60. The summed E-state index contributed by atoms with van der Waals surface area (Å²) < 4.78 is 13.5. The number of anilines is 1. The van der Waals surface area contributed by atoms with E-state index in [1.165, 1.54) is 11.0 Å². The Kier molecular flexibility index (Phi) is 4.58. The number of halogens is 1. The van der Waals surface area contributed by atoms with Crippen molar-refractivity contribution in [3.8, 4) is 0 Å². The van der Waals surface area contributed by atoms with Crippen LogP contribution >= 0.6 is 0 Å². The molecule has 0 saturated carbocycles. The molecule has 0 heterocycles. The predicted octanol–water partition coefficient (Wildman–Crippen LogP) is 3.45. The lowest BCUT2D eigenvalue weighted by Crippen LogP contribution is -2.22. The Hall–Kier alpha value is -2.36. The fourth-order valence-corrected chi connectivity index (χ4v) is 2.01. The number of amides is 1. The van der Waals surface area contributed by atoms with E-state index in [9.17, 15) is 9.18 Å². The molecule has 2 rings (SSSR count). The second-order valence-electron chi connectivity index (χ2n) is 5.18. The monoisotopic (exact) mass is 286 g/mol. The summed E-state index contributed by atoms with van der Waals surface area (Å²) in [5, 5.41) is 3.20. The molecule has 0 unspecified atom stereocenters. The van der Waals surface area contributed by atoms with Gasteiger partial charge in [-0.1, -0.05) is 24.3 Å². The molecule has 0 aliphatic rings. The smallest absolute Gasteiger partial charge is 0.255 e. The lowest BCUT2D eigenvalue weighted by atomic mass is 10.1. The maximum Gasteiger partial charge on any atom is 0.255 e. The van der Waals surface area contributed by atoms with Crippen molar-refractivity contribution in [1.29, 1.82) is 0 Å². The maximum atomic E-state index is 13.5. The van der Waals surface area contributed by atoms with Crippen LogP contribution in [0.5, 0.6) is 0 Å². The van der Waals surface area contributed by atoms with Crippen LogP contribution in [-0.4, -0.2) is 24.9 Å². The molecule has 0 aromatic heterocycles. The Bertz CT molecular complexity index is 653. The molecule has 2 aromatic rings. The van der Waals surface area contributed by atoms with Crippen LogP contribution in [0.2, 0.25) is 0 Å². The Morgan fingerprint density at radius 2 is 1.90 bits per heavy atom. The first-order chi connectivity index (χ1) is 9.99. The molecule has 21 heavy (non-hydrogen) atoms. The van der Waals surface area contributed by atoms with Crippen molar-refractivity contribution in [1.82, 2.24) is 4.90 Å². The second-order valence-corrected chi connectivity index (χ2v) is 5.18. The summed E-state index contributed by atoms with van der Waals surface area (Å²) >= 11 is 0. The molecule has 1 amide bonds. The van der Waals surface area contributed by atoms with E-state index in [1.54, 1.807) is 33.2 Å². The molecule has 110 valence electrons. The molecule has 0 radical (unpaired) electrons. The van der Waals surface area contributed by atoms with E-state index >= 15 is 0 Å². The minimum Gasteiger partial charge on any atom is -0.380 e. The number of rotatable bonds is 4. The molecule has 0 aliphatic carbocycles. The Balaban J connectivity index is 2.16. The van der Waals surface area contributed by atoms with Crippen molar-refractivity contribution in [2.75, 3.05) is 19.4 Å². The van der Waals surface area contributed by atoms with Crippen molar-refractivity contribution >= 4 is 11.6 Å². The molecule has 1 N–H and O–H groups in total. The molecular formula is C17H19FN2O. The SMILES string of the molecule is Cc1ccc(CNc2ccccc2C(=O)N(C)C)cc1F. The summed E-state index contributed by atoms with van der Waals surface area (Å²) in [7, 11) is 3.43. The molecule has 0 fully saturated rings. The minimum absolute atomic E-state index is 0.0619. The van der Waals surface area contributed by atoms with Gasteiger partial charge < -0.3 is 10.2 Å². The molecular weight excluding hydrogens is 267 g/mol. The lowest BCUT2D eigenvalue weighted by Gasteiger charge is -2.15. The number of benzene rings is 2. The van der Waals surface area contributed by atoms with E-state index in [2.05, 4.69) is 5.32 Å². The van der Waals surface area contributed by atoms with Crippen LogP contribution in [-0.2, 0) is 6.54 Å². The summed E-state index contributed by atoms with van der Waals surface area (Å²) in [6, 6.07) is 12.5. The van der Waals surface area contributed by atoms with Gasteiger partial charge in [0.2, 0.25) is 0 Å². The van der Waals surface area contributed by atoms with Gasteiger partial charge in [0.1, 0.15) is 5.82 Å². The molecule has 0 bridgehead atoms. The quantitative estimate of drug-likeness (QED) is 0.933. The Labute approximate surface area is 124 Å². The highest BCUT2D eigenvalue weighted by molar-refractivity contribution is 5.99. The number of hydrogen-bond donors (Lipinski definition) is 1. The van der Waals surface area contributed by atoms with Gasteiger partial charge in [-0.3, -0.25) is 4.79 Å². The number of nitrogens with zero attached hydrogens (tertiary/aromatic N) is 1. The van der Waals surface area contributed by atoms with Crippen molar-refractivity contribution in [3.05, 3.63) is 65.0 Å². The van der Waals surface area contributed by atoms with E-state index in [1.807, 2.05) is 24.3 Å². The summed E-state index contributed by atoms with van der Waals surface area (Å²) in [4.78, 5) is 13.6. The molecule has 0 saturated heterocycles. The van der Waals surface area contributed by atoms with Crippen LogP contribution in [0.1, 0.15) is 21.5 Å². The number of carbonyl (C=O) groups excluding carboxylic acids is 1. The fraction of sp³-hybridized carbons (Fsp3) is 0.235. The maximum absolute atomic E-state index is 13.5. The van der Waals surface area contributed by atoms with Crippen molar-refractivity contribution in [2.45, 2.75) is 13.5 Å². The zero-order valence-electron chi connectivity index (χ0n) is 12.5. The molecule has 3 nitrogen and oxygen atoms in total. The zero-order valence-corrected chi connectivity index (χ0v) is 12.5. The summed E-state index contributed by atoms with van der Waals surface area (Å²) in [6.45, 7) is 2.20. The second kappa shape index (κ2) is 6.39. The van der Waals surface area contributed by atoms with Gasteiger partial charge in [-0.15, -0.1) is 0 Å². The Morgan fingerprint density at radius 1 is 1.19 bits per heavy atom. The number of aryl methyl sites for hydroxylation is 1. The van der Waals surface area contributed by atoms with Gasteiger partial charge >= 0.3 is 0 Å². The van der Waals surface area contributed by atoms with Crippen LogP contribution in [0.3, 0.4) is 0 Å². The van der Waals surface area contributed by atoms with E-state index in [4.69, 9.17) is 0 Å². The van der Waals surface area contributed by atoms with Gasteiger partial charge in [-0.05, 0) is 36.2 Å². The summed E-state index contributed by atoms with van der Waals surface area (Å²) in [5.41, 5.74) is 2.82. The molecule has 0 aliphatic heterocycles. The largest absolute Gasteiger partial charge is 0.380 e. The average Bonchev–Trinajstić information content (AvgIpc) is 2.48. The fourth-order valence-electron chi connectivity index (χ4n) is 2.01. The highest BCUT2D eigenvalue weighted by Gasteiger charge is 2.12. The van der Waals surface area contributed by atoms with E-state index in [-0.39, 0.29) is 11.7 Å². The Morgan fingerprint density at radius 3 is 2.57 bits per heavy atom. The van der Waals surface area contributed by atoms with Gasteiger partial charge in [-0.25, -0.2) is 4.39 Å². The molecule has 4 heteroatoms.